The van der Waals surface area contributed by atoms with Crippen LogP contribution in [0.4, 0.5) is 0 Å². The van der Waals surface area contributed by atoms with Gasteiger partial charge in [0.25, 0.3) is 0 Å². The van der Waals surface area contributed by atoms with Gasteiger partial charge in [-0.05, 0) is 44.6 Å². The molecule has 106 valence electrons. The molecule has 19 heavy (non-hydrogen) atoms. The lowest BCUT2D eigenvalue weighted by Crippen LogP contribution is -2.48. The van der Waals surface area contributed by atoms with Crippen molar-refractivity contribution in [2.24, 2.45) is 16.3 Å². The summed E-state index contributed by atoms with van der Waals surface area (Å²) < 4.78 is 0. The maximum Gasteiger partial charge on any atom is 0.232 e. The summed E-state index contributed by atoms with van der Waals surface area (Å²) in [5, 5.41) is 0. The first-order chi connectivity index (χ1) is 8.62. The van der Waals surface area contributed by atoms with Gasteiger partial charge in [0.2, 0.25) is 5.91 Å². The molecule has 2 heterocycles. The molecule has 3 nitrogen and oxygen atoms in total. The van der Waals surface area contributed by atoms with Crippen molar-refractivity contribution in [2.75, 3.05) is 0 Å². The van der Waals surface area contributed by atoms with Crippen molar-refractivity contribution in [3.05, 3.63) is 11.4 Å². The Labute approximate surface area is 116 Å². The molecule has 0 fully saturated rings. The van der Waals surface area contributed by atoms with Crippen LogP contribution in [0.25, 0.3) is 0 Å². The topological polar surface area (TPSA) is 32.7 Å². The predicted molar refractivity (Wildman–Crippen MR) is 78.9 cm³/mol. The Morgan fingerprint density at radius 3 is 2.37 bits per heavy atom. The summed E-state index contributed by atoms with van der Waals surface area (Å²) in [5.74, 6) is 1.24. The molecular weight excluding hydrogens is 236 g/mol. The van der Waals surface area contributed by atoms with E-state index < -0.39 is 0 Å². The molecule has 0 aromatic rings. The van der Waals surface area contributed by atoms with E-state index in [1.165, 1.54) is 5.57 Å². The Bertz CT molecular complexity index is 446. The van der Waals surface area contributed by atoms with Gasteiger partial charge in [-0.2, -0.15) is 0 Å². The van der Waals surface area contributed by atoms with Gasteiger partial charge < -0.3 is 0 Å². The molecule has 0 aromatic heterocycles. The summed E-state index contributed by atoms with van der Waals surface area (Å²) in [6.07, 6.45) is 4.78. The normalized spacial score (nSPS) is 24.8. The monoisotopic (exact) mass is 262 g/mol. The molecule has 1 unspecified atom stereocenters. The summed E-state index contributed by atoms with van der Waals surface area (Å²) >= 11 is 0. The van der Waals surface area contributed by atoms with Gasteiger partial charge in [-0.1, -0.05) is 20.8 Å². The fraction of sp³-hybridized carbons (Fsp3) is 0.750. The van der Waals surface area contributed by atoms with Crippen LogP contribution >= 0.6 is 0 Å². The molecule has 1 atom stereocenters. The number of rotatable bonds is 0. The molecule has 1 amide bonds. The lowest BCUT2D eigenvalue weighted by atomic mass is 9.77. The number of hydrogen-bond donors (Lipinski definition) is 0. The SMILES string of the molecule is CC(C)(C)C1CCC2=C(N=CC2)N(C(C)(C)C)C1=O. The Morgan fingerprint density at radius 1 is 1.21 bits per heavy atom. The van der Waals surface area contributed by atoms with E-state index in [1.807, 2.05) is 11.1 Å². The third-order valence-corrected chi connectivity index (χ3v) is 4.05. The molecule has 0 N–H and O–H groups in total. The Balaban J connectivity index is 2.45. The van der Waals surface area contributed by atoms with E-state index in [2.05, 4.69) is 46.5 Å². The van der Waals surface area contributed by atoms with Crippen LogP contribution in [-0.2, 0) is 4.79 Å². The number of hydrogen-bond acceptors (Lipinski definition) is 2. The molecule has 0 aromatic carbocycles. The number of amides is 1. The number of carbonyl (C=O) groups is 1. The molecule has 0 bridgehead atoms. The van der Waals surface area contributed by atoms with Gasteiger partial charge in [0.15, 0.2) is 0 Å². The van der Waals surface area contributed by atoms with Gasteiger partial charge >= 0.3 is 0 Å². The number of carbonyl (C=O) groups excluding carboxylic acids is 1. The predicted octanol–water partition coefficient (Wildman–Crippen LogP) is 3.76. The highest BCUT2D eigenvalue weighted by Gasteiger charge is 2.42. The van der Waals surface area contributed by atoms with Crippen LogP contribution in [0.15, 0.2) is 16.4 Å². The van der Waals surface area contributed by atoms with E-state index in [9.17, 15) is 4.79 Å². The second-order valence-corrected chi connectivity index (χ2v) is 7.74. The lowest BCUT2D eigenvalue weighted by molar-refractivity contribution is -0.141. The minimum absolute atomic E-state index is 0.00402. The van der Waals surface area contributed by atoms with Crippen molar-refractivity contribution in [3.63, 3.8) is 0 Å². The maximum atomic E-state index is 13.0. The Hall–Kier alpha value is -1.12. The second kappa shape index (κ2) is 4.46. The average molecular weight is 262 g/mol. The van der Waals surface area contributed by atoms with E-state index in [0.29, 0.717) is 0 Å². The summed E-state index contributed by atoms with van der Waals surface area (Å²) in [6, 6.07) is 0. The van der Waals surface area contributed by atoms with Crippen molar-refractivity contribution in [3.8, 4) is 0 Å². The molecular formula is C16H26N2O. The first kappa shape index (κ1) is 14.3. The highest BCUT2D eigenvalue weighted by Crippen LogP contribution is 2.41. The minimum atomic E-state index is -0.215. The zero-order valence-electron chi connectivity index (χ0n) is 13.1. The highest BCUT2D eigenvalue weighted by molar-refractivity contribution is 5.84. The van der Waals surface area contributed by atoms with E-state index in [1.54, 1.807) is 0 Å². The third kappa shape index (κ3) is 2.60. The van der Waals surface area contributed by atoms with Crippen LogP contribution in [-0.4, -0.2) is 22.6 Å². The van der Waals surface area contributed by atoms with Gasteiger partial charge in [-0.15, -0.1) is 0 Å². The third-order valence-electron chi connectivity index (χ3n) is 4.05. The van der Waals surface area contributed by atoms with Crippen molar-refractivity contribution in [1.29, 1.82) is 0 Å². The zero-order valence-corrected chi connectivity index (χ0v) is 13.1. The molecule has 0 radical (unpaired) electrons. The Morgan fingerprint density at radius 2 is 1.84 bits per heavy atom. The fourth-order valence-corrected chi connectivity index (χ4v) is 3.01. The van der Waals surface area contributed by atoms with Gasteiger partial charge in [0, 0.05) is 24.1 Å². The molecule has 2 rings (SSSR count). The molecule has 0 saturated heterocycles. The molecule has 0 aliphatic carbocycles. The minimum Gasteiger partial charge on any atom is -0.291 e. The van der Waals surface area contributed by atoms with Gasteiger partial charge in [0.05, 0.1) is 0 Å². The number of allylic oxidation sites excluding steroid dienone is 1. The van der Waals surface area contributed by atoms with Crippen molar-refractivity contribution in [1.82, 2.24) is 4.90 Å². The largest absolute Gasteiger partial charge is 0.291 e. The van der Waals surface area contributed by atoms with Gasteiger partial charge in [-0.3, -0.25) is 9.69 Å². The number of nitrogens with zero attached hydrogens (tertiary/aromatic N) is 2. The van der Waals surface area contributed by atoms with Crippen LogP contribution in [0, 0.1) is 11.3 Å². The highest BCUT2D eigenvalue weighted by atomic mass is 16.2. The molecule has 0 saturated carbocycles. The summed E-state index contributed by atoms with van der Waals surface area (Å²) in [5.41, 5.74) is 1.12. The van der Waals surface area contributed by atoms with Crippen molar-refractivity contribution >= 4 is 12.1 Å². The second-order valence-electron chi connectivity index (χ2n) is 7.74. The van der Waals surface area contributed by atoms with E-state index >= 15 is 0 Å². The van der Waals surface area contributed by atoms with Gasteiger partial charge in [-0.25, -0.2) is 4.99 Å². The first-order valence-electron chi connectivity index (χ1n) is 7.21. The molecule has 3 heteroatoms. The lowest BCUT2D eigenvalue weighted by Gasteiger charge is -2.39. The van der Waals surface area contributed by atoms with Gasteiger partial charge in [0.1, 0.15) is 5.82 Å². The zero-order chi connectivity index (χ0) is 14.4. The van der Waals surface area contributed by atoms with Crippen molar-refractivity contribution in [2.45, 2.75) is 66.3 Å². The van der Waals surface area contributed by atoms with E-state index in [0.717, 1.165) is 25.1 Å². The summed E-state index contributed by atoms with van der Waals surface area (Å²) in [7, 11) is 0. The molecule has 2 aliphatic heterocycles. The van der Waals surface area contributed by atoms with E-state index in [-0.39, 0.29) is 22.8 Å². The summed E-state index contributed by atoms with van der Waals surface area (Å²) in [4.78, 5) is 19.4. The van der Waals surface area contributed by atoms with Crippen LogP contribution < -0.4 is 0 Å². The van der Waals surface area contributed by atoms with Crippen LogP contribution in [0.1, 0.15) is 60.8 Å². The average Bonchev–Trinajstić information content (AvgIpc) is 2.57. The fourth-order valence-electron chi connectivity index (χ4n) is 3.01. The summed E-state index contributed by atoms with van der Waals surface area (Å²) in [6.45, 7) is 12.8. The molecule has 2 aliphatic rings. The first-order valence-corrected chi connectivity index (χ1v) is 7.21. The van der Waals surface area contributed by atoms with Crippen LogP contribution in [0.3, 0.4) is 0 Å². The number of aliphatic imine (C=N–C) groups is 1. The standard InChI is InChI=1S/C16H26N2O/c1-15(2,3)12-8-7-11-9-10-17-13(11)18(14(12)19)16(4,5)6/h10,12H,7-9H2,1-6H3. The quantitative estimate of drug-likeness (QED) is 0.654. The van der Waals surface area contributed by atoms with Crippen LogP contribution in [0.2, 0.25) is 0 Å². The van der Waals surface area contributed by atoms with Crippen LogP contribution in [0.5, 0.6) is 0 Å². The Kier molecular flexibility index (Phi) is 3.36. The smallest absolute Gasteiger partial charge is 0.232 e. The van der Waals surface area contributed by atoms with E-state index in [4.69, 9.17) is 0 Å². The molecule has 0 spiro atoms. The maximum absolute atomic E-state index is 13.0. The van der Waals surface area contributed by atoms with Crippen molar-refractivity contribution < 1.29 is 4.79 Å².